The molecule has 2 rings (SSSR count). The van der Waals surface area contributed by atoms with Gasteiger partial charge in [0.25, 0.3) is 5.91 Å². The van der Waals surface area contributed by atoms with Crippen LogP contribution in [0.15, 0.2) is 10.8 Å². The van der Waals surface area contributed by atoms with Gasteiger partial charge in [-0.3, -0.25) is 9.59 Å². The molecule has 2 N–H and O–H groups in total. The molecule has 1 aliphatic heterocycles. The van der Waals surface area contributed by atoms with Crippen LogP contribution < -0.4 is 10.6 Å². The molecule has 7 heteroatoms. The summed E-state index contributed by atoms with van der Waals surface area (Å²) in [4.78, 5) is 29.5. The standard InChI is InChI=1S/C11H16N4O3/c1-7-9(18-6-14-7)11(17)15-4-3-13-5-8(15)10(16)12-2/h6,8,13H,3-5H2,1-2H3,(H,12,16). The number of piperazine rings is 1. The summed E-state index contributed by atoms with van der Waals surface area (Å²) in [5, 5.41) is 5.65. The van der Waals surface area contributed by atoms with Crippen LogP contribution in [0.4, 0.5) is 0 Å². The Labute approximate surface area is 105 Å². The minimum atomic E-state index is -0.513. The normalized spacial score (nSPS) is 19.7. The number of hydrogen-bond acceptors (Lipinski definition) is 5. The van der Waals surface area contributed by atoms with Crippen LogP contribution in [0.25, 0.3) is 0 Å². The third kappa shape index (κ3) is 2.21. The number of carbonyl (C=O) groups is 2. The third-order valence-corrected chi connectivity index (χ3v) is 2.99. The highest BCUT2D eigenvalue weighted by atomic mass is 16.3. The molecule has 0 aromatic carbocycles. The molecule has 1 atom stereocenters. The van der Waals surface area contributed by atoms with Crippen molar-refractivity contribution < 1.29 is 14.0 Å². The number of rotatable bonds is 2. The van der Waals surface area contributed by atoms with E-state index in [-0.39, 0.29) is 17.6 Å². The summed E-state index contributed by atoms with van der Waals surface area (Å²) < 4.78 is 5.09. The van der Waals surface area contributed by atoms with Crippen molar-refractivity contribution in [1.82, 2.24) is 20.5 Å². The predicted octanol–water partition coefficient (Wildman–Crippen LogP) is -0.857. The Morgan fingerprint density at radius 1 is 1.61 bits per heavy atom. The Bertz CT molecular complexity index is 457. The fourth-order valence-corrected chi connectivity index (χ4v) is 1.99. The average molecular weight is 252 g/mol. The quantitative estimate of drug-likeness (QED) is 0.715. The maximum atomic E-state index is 12.3. The van der Waals surface area contributed by atoms with Crippen LogP contribution in [0.5, 0.6) is 0 Å². The van der Waals surface area contributed by atoms with Crippen molar-refractivity contribution in [2.45, 2.75) is 13.0 Å². The second kappa shape index (κ2) is 5.18. The molecule has 0 aliphatic carbocycles. The Hall–Kier alpha value is -1.89. The first-order valence-electron chi connectivity index (χ1n) is 5.78. The van der Waals surface area contributed by atoms with Gasteiger partial charge in [-0.2, -0.15) is 0 Å². The van der Waals surface area contributed by atoms with Crippen molar-refractivity contribution in [3.8, 4) is 0 Å². The Kier molecular flexibility index (Phi) is 3.61. The molecule has 2 heterocycles. The number of amides is 2. The lowest BCUT2D eigenvalue weighted by Gasteiger charge is -2.34. The van der Waals surface area contributed by atoms with Gasteiger partial charge < -0.3 is 20.0 Å². The topological polar surface area (TPSA) is 87.5 Å². The van der Waals surface area contributed by atoms with E-state index in [0.29, 0.717) is 25.3 Å². The molecule has 1 unspecified atom stereocenters. The van der Waals surface area contributed by atoms with Gasteiger partial charge in [-0.1, -0.05) is 0 Å². The Balaban J connectivity index is 2.21. The molecule has 0 saturated carbocycles. The maximum Gasteiger partial charge on any atom is 0.292 e. The lowest BCUT2D eigenvalue weighted by Crippen LogP contribution is -2.59. The lowest BCUT2D eigenvalue weighted by atomic mass is 10.1. The molecular formula is C11H16N4O3. The molecule has 1 aromatic rings. The van der Waals surface area contributed by atoms with Crippen molar-refractivity contribution in [3.63, 3.8) is 0 Å². The van der Waals surface area contributed by atoms with Gasteiger partial charge in [-0.15, -0.1) is 0 Å². The Morgan fingerprint density at radius 2 is 2.39 bits per heavy atom. The minimum Gasteiger partial charge on any atom is -0.438 e. The van der Waals surface area contributed by atoms with Gasteiger partial charge in [0, 0.05) is 26.7 Å². The van der Waals surface area contributed by atoms with Crippen molar-refractivity contribution in [1.29, 1.82) is 0 Å². The average Bonchev–Trinajstić information content (AvgIpc) is 2.83. The van der Waals surface area contributed by atoms with Gasteiger partial charge in [0.05, 0.1) is 5.69 Å². The largest absolute Gasteiger partial charge is 0.438 e. The molecule has 2 amide bonds. The monoisotopic (exact) mass is 252 g/mol. The molecule has 0 spiro atoms. The van der Waals surface area contributed by atoms with Crippen molar-refractivity contribution in [3.05, 3.63) is 17.8 Å². The van der Waals surface area contributed by atoms with Crippen LogP contribution in [0.2, 0.25) is 0 Å². The fourth-order valence-electron chi connectivity index (χ4n) is 1.99. The van der Waals surface area contributed by atoms with Gasteiger partial charge in [-0.25, -0.2) is 4.98 Å². The second-order valence-electron chi connectivity index (χ2n) is 4.10. The van der Waals surface area contributed by atoms with Crippen LogP contribution in [0, 0.1) is 6.92 Å². The number of aromatic nitrogens is 1. The molecule has 0 radical (unpaired) electrons. The van der Waals surface area contributed by atoms with Crippen LogP contribution >= 0.6 is 0 Å². The van der Waals surface area contributed by atoms with Crippen LogP contribution in [-0.2, 0) is 4.79 Å². The van der Waals surface area contributed by atoms with Crippen LogP contribution in [0.1, 0.15) is 16.2 Å². The van der Waals surface area contributed by atoms with Gasteiger partial charge in [0.2, 0.25) is 11.7 Å². The summed E-state index contributed by atoms with van der Waals surface area (Å²) in [5.41, 5.74) is 0.536. The molecule has 1 fully saturated rings. The summed E-state index contributed by atoms with van der Waals surface area (Å²) in [5.74, 6) is -0.279. The van der Waals surface area contributed by atoms with Crippen molar-refractivity contribution >= 4 is 11.8 Å². The summed E-state index contributed by atoms with van der Waals surface area (Å²) in [6, 6.07) is -0.513. The van der Waals surface area contributed by atoms with E-state index in [9.17, 15) is 9.59 Å². The van der Waals surface area contributed by atoms with Crippen molar-refractivity contribution in [2.24, 2.45) is 0 Å². The first-order valence-corrected chi connectivity index (χ1v) is 5.78. The fraction of sp³-hybridized carbons (Fsp3) is 0.545. The zero-order valence-electron chi connectivity index (χ0n) is 10.4. The van der Waals surface area contributed by atoms with Gasteiger partial charge in [0.15, 0.2) is 6.39 Å². The predicted molar refractivity (Wildman–Crippen MR) is 63.0 cm³/mol. The van der Waals surface area contributed by atoms with Gasteiger partial charge >= 0.3 is 0 Å². The number of nitrogens with one attached hydrogen (secondary N) is 2. The molecule has 1 aliphatic rings. The van der Waals surface area contributed by atoms with Gasteiger partial charge in [0.1, 0.15) is 6.04 Å². The highest BCUT2D eigenvalue weighted by molar-refractivity contribution is 5.96. The first-order chi connectivity index (χ1) is 8.65. The third-order valence-electron chi connectivity index (χ3n) is 2.99. The molecule has 18 heavy (non-hydrogen) atoms. The number of likely N-dealkylation sites (N-methyl/N-ethyl adjacent to an activating group) is 1. The lowest BCUT2D eigenvalue weighted by molar-refractivity contribution is -0.125. The second-order valence-corrected chi connectivity index (χ2v) is 4.10. The number of aryl methyl sites for hydroxylation is 1. The summed E-state index contributed by atoms with van der Waals surface area (Å²) >= 11 is 0. The molecule has 1 aromatic heterocycles. The van der Waals surface area contributed by atoms with E-state index >= 15 is 0 Å². The zero-order chi connectivity index (χ0) is 13.1. The molecule has 0 bridgehead atoms. The van der Waals surface area contributed by atoms with E-state index < -0.39 is 6.04 Å². The van der Waals surface area contributed by atoms with E-state index in [1.807, 2.05) is 0 Å². The van der Waals surface area contributed by atoms with E-state index in [1.165, 1.54) is 11.3 Å². The summed E-state index contributed by atoms with van der Waals surface area (Å²) in [6.07, 6.45) is 1.24. The Morgan fingerprint density at radius 3 is 3.00 bits per heavy atom. The number of carbonyl (C=O) groups excluding carboxylic acids is 2. The molecular weight excluding hydrogens is 236 g/mol. The van der Waals surface area contributed by atoms with Crippen molar-refractivity contribution in [2.75, 3.05) is 26.7 Å². The SMILES string of the molecule is CNC(=O)C1CNCCN1C(=O)c1ocnc1C. The van der Waals surface area contributed by atoms with Crippen LogP contribution in [-0.4, -0.2) is 54.4 Å². The maximum absolute atomic E-state index is 12.3. The molecule has 1 saturated heterocycles. The summed E-state index contributed by atoms with van der Waals surface area (Å²) in [7, 11) is 1.55. The smallest absolute Gasteiger partial charge is 0.292 e. The first kappa shape index (κ1) is 12.6. The molecule has 98 valence electrons. The minimum absolute atomic E-state index is 0.187. The number of oxazole rings is 1. The van der Waals surface area contributed by atoms with Crippen LogP contribution in [0.3, 0.4) is 0 Å². The van der Waals surface area contributed by atoms with E-state index in [4.69, 9.17) is 4.42 Å². The van der Waals surface area contributed by atoms with E-state index in [0.717, 1.165) is 0 Å². The highest BCUT2D eigenvalue weighted by Gasteiger charge is 2.34. The molecule has 7 nitrogen and oxygen atoms in total. The summed E-state index contributed by atoms with van der Waals surface area (Å²) in [6.45, 7) is 3.27. The van der Waals surface area contributed by atoms with E-state index in [2.05, 4.69) is 15.6 Å². The van der Waals surface area contributed by atoms with E-state index in [1.54, 1.807) is 14.0 Å². The highest BCUT2D eigenvalue weighted by Crippen LogP contribution is 2.13. The van der Waals surface area contributed by atoms with Gasteiger partial charge in [-0.05, 0) is 6.92 Å². The number of nitrogens with zero attached hydrogens (tertiary/aromatic N) is 2. The zero-order valence-corrected chi connectivity index (χ0v) is 10.4. The number of hydrogen-bond donors (Lipinski definition) is 2.